The van der Waals surface area contributed by atoms with E-state index in [4.69, 9.17) is 14.2 Å². The lowest BCUT2D eigenvalue weighted by atomic mass is 9.74. The van der Waals surface area contributed by atoms with Crippen LogP contribution in [0.4, 0.5) is 11.4 Å². The predicted octanol–water partition coefficient (Wildman–Crippen LogP) is 3.00. The number of hydrogen-bond acceptors (Lipinski definition) is 8. The molecule has 0 atom stereocenters. The minimum absolute atomic E-state index is 0.152. The summed E-state index contributed by atoms with van der Waals surface area (Å²) in [5.41, 5.74) is -0.751. The number of nitro benzene ring substituents is 2. The number of nitrogens with one attached hydrogen (secondary N) is 1. The third-order valence-corrected chi connectivity index (χ3v) is 5.62. The molecular formula is C21H23N3O8. The molecule has 0 aromatic heterocycles. The molecular weight excluding hydrogens is 422 g/mol. The van der Waals surface area contributed by atoms with Gasteiger partial charge in [-0.15, -0.1) is 0 Å². The number of nitrogens with zero attached hydrogens (tertiary/aromatic N) is 2. The second kappa shape index (κ2) is 9.60. The molecule has 2 aromatic carbocycles. The average Bonchev–Trinajstić information content (AvgIpc) is 2.82. The second-order valence-corrected chi connectivity index (χ2v) is 7.40. The SMILES string of the molecule is COc1ccc(C2(CNC(=O)c3cc([N+](=O)[O-])cc([N+](=O)[O-])c3)CCOCC2)cc1OC. The van der Waals surface area contributed by atoms with E-state index in [1.807, 2.05) is 12.1 Å². The van der Waals surface area contributed by atoms with Crippen molar-refractivity contribution in [2.24, 2.45) is 0 Å². The average molecular weight is 445 g/mol. The molecule has 2 aromatic rings. The molecule has 0 bridgehead atoms. The maximum Gasteiger partial charge on any atom is 0.277 e. The Kier molecular flexibility index (Phi) is 6.89. The quantitative estimate of drug-likeness (QED) is 0.482. The van der Waals surface area contributed by atoms with Crippen LogP contribution in [0, 0.1) is 20.2 Å². The van der Waals surface area contributed by atoms with E-state index in [2.05, 4.69) is 5.32 Å². The predicted molar refractivity (Wildman–Crippen MR) is 113 cm³/mol. The van der Waals surface area contributed by atoms with Gasteiger partial charge in [0.15, 0.2) is 11.5 Å². The third kappa shape index (κ3) is 4.78. The molecule has 0 radical (unpaired) electrons. The summed E-state index contributed by atoms with van der Waals surface area (Å²) in [6, 6.07) is 8.41. The van der Waals surface area contributed by atoms with Gasteiger partial charge in [0, 0.05) is 37.3 Å². The highest BCUT2D eigenvalue weighted by molar-refractivity contribution is 5.95. The van der Waals surface area contributed by atoms with Gasteiger partial charge >= 0.3 is 0 Å². The van der Waals surface area contributed by atoms with Crippen LogP contribution in [0.15, 0.2) is 36.4 Å². The van der Waals surface area contributed by atoms with Gasteiger partial charge < -0.3 is 19.5 Å². The van der Waals surface area contributed by atoms with Gasteiger partial charge in [0.05, 0.1) is 35.7 Å². The number of nitro groups is 2. The smallest absolute Gasteiger partial charge is 0.277 e. The number of non-ortho nitro benzene ring substituents is 2. The fraction of sp³-hybridized carbons (Fsp3) is 0.381. The molecule has 1 aliphatic heterocycles. The number of rotatable bonds is 8. The van der Waals surface area contributed by atoms with Crippen LogP contribution in [-0.4, -0.2) is 49.7 Å². The van der Waals surface area contributed by atoms with Gasteiger partial charge in [-0.3, -0.25) is 25.0 Å². The molecule has 32 heavy (non-hydrogen) atoms. The Labute approximate surface area is 183 Å². The molecule has 1 fully saturated rings. The number of hydrogen-bond donors (Lipinski definition) is 1. The molecule has 1 heterocycles. The molecule has 1 saturated heterocycles. The number of ether oxygens (including phenoxy) is 3. The number of carbonyl (C=O) groups excluding carboxylic acids is 1. The number of methoxy groups -OCH3 is 2. The van der Waals surface area contributed by atoms with Gasteiger partial charge in [0.25, 0.3) is 17.3 Å². The van der Waals surface area contributed by atoms with Gasteiger partial charge in [-0.25, -0.2) is 0 Å². The van der Waals surface area contributed by atoms with E-state index in [1.165, 1.54) is 7.11 Å². The Balaban J connectivity index is 1.89. The van der Waals surface area contributed by atoms with Crippen LogP contribution < -0.4 is 14.8 Å². The first-order valence-electron chi connectivity index (χ1n) is 9.82. The van der Waals surface area contributed by atoms with Gasteiger partial charge in [-0.1, -0.05) is 6.07 Å². The minimum atomic E-state index is -0.770. The molecule has 0 saturated carbocycles. The number of benzene rings is 2. The molecule has 3 rings (SSSR count). The first kappa shape index (κ1) is 22.9. The lowest BCUT2D eigenvalue weighted by molar-refractivity contribution is -0.394. The van der Waals surface area contributed by atoms with Gasteiger partial charge in [0.1, 0.15) is 0 Å². The van der Waals surface area contributed by atoms with Crippen molar-refractivity contribution in [2.75, 3.05) is 34.0 Å². The fourth-order valence-electron chi connectivity index (χ4n) is 3.78. The summed E-state index contributed by atoms with van der Waals surface area (Å²) in [7, 11) is 3.08. The van der Waals surface area contributed by atoms with Gasteiger partial charge in [0.2, 0.25) is 0 Å². The zero-order valence-electron chi connectivity index (χ0n) is 17.7. The molecule has 0 spiro atoms. The van der Waals surface area contributed by atoms with Crippen molar-refractivity contribution in [1.82, 2.24) is 5.32 Å². The topological polar surface area (TPSA) is 143 Å². The Hall–Kier alpha value is -3.73. The summed E-state index contributed by atoms with van der Waals surface area (Å²) >= 11 is 0. The molecule has 11 nitrogen and oxygen atoms in total. The van der Waals surface area contributed by atoms with E-state index in [1.54, 1.807) is 13.2 Å². The van der Waals surface area contributed by atoms with Crippen molar-refractivity contribution >= 4 is 17.3 Å². The first-order valence-corrected chi connectivity index (χ1v) is 9.82. The van der Waals surface area contributed by atoms with Crippen molar-refractivity contribution in [3.8, 4) is 11.5 Å². The van der Waals surface area contributed by atoms with Crippen LogP contribution in [0.1, 0.15) is 28.8 Å². The standard InChI is InChI=1S/C21H23N3O8/c1-30-18-4-3-15(11-19(18)31-2)21(5-7-32-8-6-21)13-22-20(25)14-9-16(23(26)27)12-17(10-14)24(28)29/h3-4,9-12H,5-8,13H2,1-2H3,(H,22,25). The van der Waals surface area contributed by atoms with Gasteiger partial charge in [-0.2, -0.15) is 0 Å². The van der Waals surface area contributed by atoms with Crippen molar-refractivity contribution in [3.05, 3.63) is 67.8 Å². The maximum atomic E-state index is 12.8. The van der Waals surface area contributed by atoms with Crippen LogP contribution >= 0.6 is 0 Å². The van der Waals surface area contributed by atoms with E-state index < -0.39 is 32.5 Å². The largest absolute Gasteiger partial charge is 0.493 e. The van der Waals surface area contributed by atoms with Crippen LogP contribution in [0.25, 0.3) is 0 Å². The van der Waals surface area contributed by atoms with Crippen LogP contribution in [0.2, 0.25) is 0 Å². The van der Waals surface area contributed by atoms with E-state index in [-0.39, 0.29) is 12.1 Å². The molecule has 170 valence electrons. The van der Waals surface area contributed by atoms with Gasteiger partial charge in [-0.05, 0) is 30.5 Å². The van der Waals surface area contributed by atoms with Crippen molar-refractivity contribution in [3.63, 3.8) is 0 Å². The van der Waals surface area contributed by atoms with E-state index in [0.29, 0.717) is 37.6 Å². The van der Waals surface area contributed by atoms with Crippen LogP contribution in [0.3, 0.4) is 0 Å². The monoisotopic (exact) mass is 445 g/mol. The lowest BCUT2D eigenvalue weighted by Gasteiger charge is -2.38. The van der Waals surface area contributed by atoms with Crippen LogP contribution in [-0.2, 0) is 10.2 Å². The lowest BCUT2D eigenvalue weighted by Crippen LogP contribution is -2.44. The summed E-state index contributed by atoms with van der Waals surface area (Å²) in [5.74, 6) is 0.492. The molecule has 1 amide bonds. The van der Waals surface area contributed by atoms with Crippen molar-refractivity contribution in [1.29, 1.82) is 0 Å². The first-order chi connectivity index (χ1) is 15.3. The second-order valence-electron chi connectivity index (χ2n) is 7.40. The third-order valence-electron chi connectivity index (χ3n) is 5.62. The molecule has 1 N–H and O–H groups in total. The molecule has 0 aliphatic carbocycles. The highest BCUT2D eigenvalue weighted by Crippen LogP contribution is 2.39. The number of carbonyl (C=O) groups is 1. The highest BCUT2D eigenvalue weighted by atomic mass is 16.6. The van der Waals surface area contributed by atoms with E-state index >= 15 is 0 Å². The van der Waals surface area contributed by atoms with E-state index in [9.17, 15) is 25.0 Å². The minimum Gasteiger partial charge on any atom is -0.493 e. The van der Waals surface area contributed by atoms with E-state index in [0.717, 1.165) is 23.8 Å². The maximum absolute atomic E-state index is 12.8. The Bertz CT molecular complexity index is 1000. The normalized spacial score (nSPS) is 14.9. The molecule has 1 aliphatic rings. The summed E-state index contributed by atoms with van der Waals surface area (Å²) in [5, 5.41) is 25.0. The molecule has 0 unspecified atom stereocenters. The summed E-state index contributed by atoms with van der Waals surface area (Å²) in [4.78, 5) is 33.5. The zero-order chi connectivity index (χ0) is 23.3. The number of amides is 1. The Morgan fingerprint density at radius 2 is 1.59 bits per heavy atom. The van der Waals surface area contributed by atoms with Crippen molar-refractivity contribution < 1.29 is 28.9 Å². The summed E-state index contributed by atoms with van der Waals surface area (Å²) in [6.07, 6.45) is 1.25. The highest BCUT2D eigenvalue weighted by Gasteiger charge is 2.36. The van der Waals surface area contributed by atoms with Crippen LogP contribution in [0.5, 0.6) is 11.5 Å². The summed E-state index contributed by atoms with van der Waals surface area (Å²) < 4.78 is 16.2. The fourth-order valence-corrected chi connectivity index (χ4v) is 3.78. The van der Waals surface area contributed by atoms with Crippen molar-refractivity contribution in [2.45, 2.75) is 18.3 Å². The zero-order valence-corrected chi connectivity index (χ0v) is 17.7. The Morgan fingerprint density at radius 3 is 2.12 bits per heavy atom. The molecule has 11 heteroatoms. The summed E-state index contributed by atoms with van der Waals surface area (Å²) in [6.45, 7) is 1.19. The Morgan fingerprint density at radius 1 is 1.00 bits per heavy atom.